The van der Waals surface area contributed by atoms with Crippen LogP contribution in [-0.4, -0.2) is 11.9 Å². The molecule has 3 nitrogen and oxygen atoms in total. The first-order valence-corrected chi connectivity index (χ1v) is 7.26. The molecule has 3 N–H and O–H groups in total. The fourth-order valence-electron chi connectivity index (χ4n) is 2.23. The van der Waals surface area contributed by atoms with Crippen LogP contribution in [0.15, 0.2) is 18.2 Å². The molecule has 0 aliphatic heterocycles. The number of aryl methyl sites for hydroxylation is 1. The molecule has 1 aromatic carbocycles. The van der Waals surface area contributed by atoms with Gasteiger partial charge in [-0.3, -0.25) is 4.79 Å². The molecule has 106 valence electrons. The number of nitrogens with one attached hydrogen (secondary N) is 1. The van der Waals surface area contributed by atoms with E-state index < -0.39 is 0 Å². The molecule has 0 aliphatic rings. The minimum absolute atomic E-state index is 0.0456. The highest BCUT2D eigenvalue weighted by molar-refractivity contribution is 5.99. The van der Waals surface area contributed by atoms with Gasteiger partial charge in [-0.15, -0.1) is 0 Å². The Hall–Kier alpha value is -1.51. The lowest BCUT2D eigenvalue weighted by Gasteiger charge is -2.18. The van der Waals surface area contributed by atoms with Gasteiger partial charge in [-0.05, 0) is 31.4 Å². The van der Waals surface area contributed by atoms with Crippen molar-refractivity contribution in [3.63, 3.8) is 0 Å². The number of nitrogens with two attached hydrogens (primary N) is 1. The van der Waals surface area contributed by atoms with Crippen molar-refractivity contribution in [1.29, 1.82) is 0 Å². The largest absolute Gasteiger partial charge is 0.398 e. The van der Waals surface area contributed by atoms with Crippen LogP contribution in [0, 0.1) is 6.92 Å². The van der Waals surface area contributed by atoms with E-state index in [-0.39, 0.29) is 11.9 Å². The Labute approximate surface area is 116 Å². The number of unbranched alkanes of at least 4 members (excludes halogenated alkanes) is 1. The molecular weight excluding hydrogens is 236 g/mol. The van der Waals surface area contributed by atoms with E-state index in [1.165, 1.54) is 0 Å². The van der Waals surface area contributed by atoms with Crippen LogP contribution in [-0.2, 0) is 0 Å². The fourth-order valence-corrected chi connectivity index (χ4v) is 2.23. The first kappa shape index (κ1) is 15.5. The zero-order valence-electron chi connectivity index (χ0n) is 12.3. The molecule has 0 aliphatic carbocycles. The van der Waals surface area contributed by atoms with E-state index in [0.29, 0.717) is 11.3 Å². The van der Waals surface area contributed by atoms with Gasteiger partial charge < -0.3 is 11.1 Å². The fraction of sp³-hybridized carbons (Fsp3) is 0.562. The molecule has 0 bridgehead atoms. The third-order valence-corrected chi connectivity index (χ3v) is 3.45. The second-order valence-electron chi connectivity index (χ2n) is 5.14. The molecule has 1 atom stereocenters. The highest BCUT2D eigenvalue weighted by Gasteiger charge is 2.15. The zero-order chi connectivity index (χ0) is 14.3. The average molecular weight is 262 g/mol. The lowest BCUT2D eigenvalue weighted by atomic mass is 10.0. The van der Waals surface area contributed by atoms with Gasteiger partial charge in [-0.25, -0.2) is 0 Å². The third kappa shape index (κ3) is 4.58. The van der Waals surface area contributed by atoms with Gasteiger partial charge >= 0.3 is 0 Å². The molecule has 0 radical (unpaired) electrons. The van der Waals surface area contributed by atoms with Crippen LogP contribution in [0.4, 0.5) is 5.69 Å². The number of para-hydroxylation sites is 1. The summed E-state index contributed by atoms with van der Waals surface area (Å²) < 4.78 is 0. The summed E-state index contributed by atoms with van der Waals surface area (Å²) in [7, 11) is 0. The van der Waals surface area contributed by atoms with Crippen LogP contribution in [0.25, 0.3) is 0 Å². The monoisotopic (exact) mass is 262 g/mol. The number of benzene rings is 1. The van der Waals surface area contributed by atoms with E-state index in [4.69, 9.17) is 5.73 Å². The number of carbonyl (C=O) groups is 1. The molecule has 0 saturated carbocycles. The maximum atomic E-state index is 12.3. The lowest BCUT2D eigenvalue weighted by Crippen LogP contribution is -2.35. The minimum atomic E-state index is -0.0456. The SMILES string of the molecule is CCCCC(CCC)NC(=O)c1cccc(C)c1N. The summed E-state index contributed by atoms with van der Waals surface area (Å²) in [5, 5.41) is 3.12. The Morgan fingerprint density at radius 2 is 2.00 bits per heavy atom. The van der Waals surface area contributed by atoms with E-state index >= 15 is 0 Å². The smallest absolute Gasteiger partial charge is 0.253 e. The summed E-state index contributed by atoms with van der Waals surface area (Å²) >= 11 is 0. The normalized spacial score (nSPS) is 12.2. The van der Waals surface area contributed by atoms with Crippen molar-refractivity contribution in [2.24, 2.45) is 0 Å². The molecule has 1 rings (SSSR count). The highest BCUT2D eigenvalue weighted by atomic mass is 16.1. The number of carbonyl (C=O) groups excluding carboxylic acids is 1. The Balaban J connectivity index is 2.72. The number of rotatable bonds is 7. The van der Waals surface area contributed by atoms with Crippen LogP contribution in [0.5, 0.6) is 0 Å². The molecule has 1 aromatic rings. The average Bonchev–Trinajstić information content (AvgIpc) is 2.39. The number of amides is 1. The summed E-state index contributed by atoms with van der Waals surface area (Å²) in [6.45, 7) is 6.24. The first-order chi connectivity index (χ1) is 9.10. The van der Waals surface area contributed by atoms with Crippen molar-refractivity contribution in [2.75, 3.05) is 5.73 Å². The highest BCUT2D eigenvalue weighted by Crippen LogP contribution is 2.17. The first-order valence-electron chi connectivity index (χ1n) is 7.26. The van der Waals surface area contributed by atoms with E-state index in [9.17, 15) is 4.79 Å². The molecule has 1 amide bonds. The van der Waals surface area contributed by atoms with Crippen molar-refractivity contribution < 1.29 is 4.79 Å². The van der Waals surface area contributed by atoms with E-state index in [1.807, 2.05) is 19.1 Å². The minimum Gasteiger partial charge on any atom is -0.398 e. The van der Waals surface area contributed by atoms with Gasteiger partial charge in [-0.2, -0.15) is 0 Å². The Bertz CT molecular complexity index is 415. The van der Waals surface area contributed by atoms with Crippen LogP contribution in [0.3, 0.4) is 0 Å². The molecule has 3 heteroatoms. The Morgan fingerprint density at radius 3 is 2.63 bits per heavy atom. The summed E-state index contributed by atoms with van der Waals surface area (Å²) in [5.74, 6) is -0.0456. The van der Waals surface area contributed by atoms with Crippen LogP contribution >= 0.6 is 0 Å². The zero-order valence-corrected chi connectivity index (χ0v) is 12.3. The maximum Gasteiger partial charge on any atom is 0.253 e. The van der Waals surface area contributed by atoms with Gasteiger partial charge in [0.15, 0.2) is 0 Å². The standard InChI is InChI=1S/C16H26N2O/c1-4-6-10-13(8-5-2)18-16(19)14-11-7-9-12(3)15(14)17/h7,9,11,13H,4-6,8,10,17H2,1-3H3,(H,18,19). The molecule has 0 heterocycles. The quantitative estimate of drug-likeness (QED) is 0.737. The van der Waals surface area contributed by atoms with Crippen molar-refractivity contribution in [3.8, 4) is 0 Å². The topological polar surface area (TPSA) is 55.1 Å². The summed E-state index contributed by atoms with van der Waals surface area (Å²) in [6, 6.07) is 5.85. The van der Waals surface area contributed by atoms with Gasteiger partial charge in [0.2, 0.25) is 0 Å². The van der Waals surface area contributed by atoms with Crippen LogP contribution in [0.1, 0.15) is 61.9 Å². The molecule has 0 fully saturated rings. The van der Waals surface area contributed by atoms with Crippen molar-refractivity contribution in [3.05, 3.63) is 29.3 Å². The van der Waals surface area contributed by atoms with Gasteiger partial charge in [0.05, 0.1) is 5.56 Å². The Morgan fingerprint density at radius 1 is 1.26 bits per heavy atom. The molecule has 1 unspecified atom stereocenters. The van der Waals surface area contributed by atoms with E-state index in [2.05, 4.69) is 19.2 Å². The van der Waals surface area contributed by atoms with E-state index in [1.54, 1.807) is 6.07 Å². The maximum absolute atomic E-state index is 12.3. The van der Waals surface area contributed by atoms with Gasteiger partial charge in [0.25, 0.3) is 5.91 Å². The molecule has 0 aromatic heterocycles. The van der Waals surface area contributed by atoms with Gasteiger partial charge in [0, 0.05) is 11.7 Å². The predicted octanol–water partition coefficient (Wildman–Crippen LogP) is 3.67. The molecule has 19 heavy (non-hydrogen) atoms. The second-order valence-corrected chi connectivity index (χ2v) is 5.14. The third-order valence-electron chi connectivity index (χ3n) is 3.45. The van der Waals surface area contributed by atoms with Gasteiger partial charge in [-0.1, -0.05) is 45.2 Å². The number of hydrogen-bond donors (Lipinski definition) is 2. The molecular formula is C16H26N2O. The number of nitrogen functional groups attached to an aromatic ring is 1. The summed E-state index contributed by atoms with van der Waals surface area (Å²) in [5.41, 5.74) is 8.11. The number of anilines is 1. The summed E-state index contributed by atoms with van der Waals surface area (Å²) in [4.78, 5) is 12.3. The lowest BCUT2D eigenvalue weighted by molar-refractivity contribution is 0.0933. The molecule has 0 saturated heterocycles. The van der Waals surface area contributed by atoms with Gasteiger partial charge in [0.1, 0.15) is 0 Å². The van der Waals surface area contributed by atoms with Crippen LogP contribution in [0.2, 0.25) is 0 Å². The molecule has 0 spiro atoms. The number of hydrogen-bond acceptors (Lipinski definition) is 2. The van der Waals surface area contributed by atoms with Crippen molar-refractivity contribution in [1.82, 2.24) is 5.32 Å². The van der Waals surface area contributed by atoms with Crippen LogP contribution < -0.4 is 11.1 Å². The van der Waals surface area contributed by atoms with Crippen molar-refractivity contribution in [2.45, 2.75) is 58.9 Å². The Kier molecular flexibility index (Phi) is 6.40. The van der Waals surface area contributed by atoms with E-state index in [0.717, 1.165) is 37.7 Å². The summed E-state index contributed by atoms with van der Waals surface area (Å²) in [6.07, 6.45) is 5.45. The second kappa shape index (κ2) is 7.82. The predicted molar refractivity (Wildman–Crippen MR) is 81.3 cm³/mol. The van der Waals surface area contributed by atoms with Crippen molar-refractivity contribution >= 4 is 11.6 Å².